The van der Waals surface area contributed by atoms with Crippen molar-refractivity contribution in [3.63, 3.8) is 0 Å². The van der Waals surface area contributed by atoms with Gasteiger partial charge in [0.05, 0.1) is 38.7 Å². The predicted octanol–water partition coefficient (Wildman–Crippen LogP) is 4.47. The molecular weight excluding hydrogens is 408 g/mol. The van der Waals surface area contributed by atoms with Crippen molar-refractivity contribution in [2.75, 3.05) is 11.1 Å². The van der Waals surface area contributed by atoms with Crippen LogP contribution in [0, 0.1) is 0 Å². The Morgan fingerprint density at radius 3 is 2.79 bits per heavy atom. The molecule has 29 heavy (non-hydrogen) atoms. The van der Waals surface area contributed by atoms with Gasteiger partial charge in [0, 0.05) is 0 Å². The van der Waals surface area contributed by atoms with Crippen molar-refractivity contribution in [1.29, 1.82) is 0 Å². The molecule has 7 nitrogen and oxygen atoms in total. The smallest absolute Gasteiger partial charge is 0.338 e. The summed E-state index contributed by atoms with van der Waals surface area (Å²) in [5, 5.41) is 3.99. The highest BCUT2D eigenvalue weighted by Crippen LogP contribution is 2.27. The lowest BCUT2D eigenvalue weighted by Gasteiger charge is -2.07. The molecule has 0 atom stereocenters. The fraction of sp³-hybridized carbons (Fsp3) is 0.200. The molecule has 2 N–H and O–H groups in total. The average Bonchev–Trinajstić information content (AvgIpc) is 3.27. The molecule has 4 aromatic rings. The number of rotatable bonds is 6. The third-order valence-corrected chi connectivity index (χ3v) is 5.73. The number of para-hydroxylation sites is 2. The van der Waals surface area contributed by atoms with Gasteiger partial charge < -0.3 is 15.0 Å². The number of ether oxygens (including phenoxy) is 1. The van der Waals surface area contributed by atoms with Crippen LogP contribution in [-0.2, 0) is 9.53 Å². The first-order chi connectivity index (χ1) is 14.0. The van der Waals surface area contributed by atoms with Gasteiger partial charge in [-0.25, -0.2) is 14.8 Å². The number of carbonyl (C=O) groups is 2. The molecule has 9 heteroatoms. The van der Waals surface area contributed by atoms with Gasteiger partial charge in [-0.05, 0) is 44.2 Å². The molecule has 4 rings (SSSR count). The highest BCUT2D eigenvalue weighted by Gasteiger charge is 2.14. The normalized spacial score (nSPS) is 11.3. The maximum absolute atomic E-state index is 12.3. The van der Waals surface area contributed by atoms with Crippen LogP contribution in [0.5, 0.6) is 0 Å². The first-order valence-electron chi connectivity index (χ1n) is 8.97. The molecule has 0 bridgehead atoms. The molecular formula is C20H18N4O3S2. The maximum atomic E-state index is 12.3. The van der Waals surface area contributed by atoms with Crippen LogP contribution in [0.2, 0.25) is 0 Å². The van der Waals surface area contributed by atoms with Gasteiger partial charge in [-0.2, -0.15) is 0 Å². The summed E-state index contributed by atoms with van der Waals surface area (Å²) in [6.45, 7) is 3.61. The highest BCUT2D eigenvalue weighted by molar-refractivity contribution is 7.99. The summed E-state index contributed by atoms with van der Waals surface area (Å²) in [4.78, 5) is 36.4. The molecule has 0 aliphatic heterocycles. The van der Waals surface area contributed by atoms with Gasteiger partial charge in [0.2, 0.25) is 5.91 Å². The van der Waals surface area contributed by atoms with Crippen molar-refractivity contribution in [3.8, 4) is 0 Å². The number of thiazole rings is 1. The Bertz CT molecular complexity index is 1170. The molecule has 0 aliphatic carbocycles. The van der Waals surface area contributed by atoms with Crippen molar-refractivity contribution in [2.45, 2.75) is 25.1 Å². The van der Waals surface area contributed by atoms with Crippen molar-refractivity contribution in [2.24, 2.45) is 0 Å². The third-order valence-electron chi connectivity index (χ3n) is 3.92. The summed E-state index contributed by atoms with van der Waals surface area (Å²) < 4.78 is 6.02. The number of H-pyrrole nitrogens is 1. The second kappa shape index (κ2) is 8.22. The Balaban J connectivity index is 1.40. The monoisotopic (exact) mass is 426 g/mol. The molecule has 0 unspecified atom stereocenters. The number of thioether (sulfide) groups is 1. The second-order valence-corrected chi connectivity index (χ2v) is 8.55. The molecule has 0 radical (unpaired) electrons. The van der Waals surface area contributed by atoms with E-state index in [2.05, 4.69) is 20.3 Å². The van der Waals surface area contributed by atoms with Crippen LogP contribution in [0.15, 0.2) is 47.6 Å². The molecule has 0 saturated heterocycles. The van der Waals surface area contributed by atoms with E-state index in [0.29, 0.717) is 15.9 Å². The van der Waals surface area contributed by atoms with Crippen molar-refractivity contribution < 1.29 is 14.3 Å². The fourth-order valence-corrected chi connectivity index (χ4v) is 4.28. The van der Waals surface area contributed by atoms with Crippen LogP contribution in [-0.4, -0.2) is 38.7 Å². The molecule has 0 aliphatic rings. The number of nitrogens with zero attached hydrogens (tertiary/aromatic N) is 2. The molecule has 2 aromatic heterocycles. The number of anilines is 1. The second-order valence-electron chi connectivity index (χ2n) is 6.55. The summed E-state index contributed by atoms with van der Waals surface area (Å²) >= 11 is 2.65. The SMILES string of the molecule is CC(C)OC(=O)c1ccc2nc(NC(=O)CSc3nc4ccccc4[nH]3)sc2c1. The van der Waals surface area contributed by atoms with Crippen LogP contribution in [0.1, 0.15) is 24.2 Å². The van der Waals surface area contributed by atoms with E-state index in [1.54, 1.807) is 32.0 Å². The molecule has 0 spiro atoms. The minimum Gasteiger partial charge on any atom is -0.459 e. The average molecular weight is 427 g/mol. The zero-order chi connectivity index (χ0) is 20.4. The Labute approximate surface area is 174 Å². The van der Waals surface area contributed by atoms with Gasteiger partial charge in [-0.3, -0.25) is 4.79 Å². The maximum Gasteiger partial charge on any atom is 0.338 e. The van der Waals surface area contributed by atoms with Crippen LogP contribution in [0.4, 0.5) is 5.13 Å². The standard InChI is InChI=1S/C20H18N4O3S2/c1-11(2)27-18(26)12-7-8-15-16(9-12)29-20(23-15)24-17(25)10-28-19-21-13-5-3-4-6-14(13)22-19/h3-9,11H,10H2,1-2H3,(H,21,22)(H,23,24,25). The fourth-order valence-electron chi connectivity index (χ4n) is 2.67. The van der Waals surface area contributed by atoms with Gasteiger partial charge >= 0.3 is 5.97 Å². The first-order valence-corrected chi connectivity index (χ1v) is 10.8. The van der Waals surface area contributed by atoms with Crippen molar-refractivity contribution in [1.82, 2.24) is 15.0 Å². The predicted molar refractivity (Wildman–Crippen MR) is 116 cm³/mol. The largest absolute Gasteiger partial charge is 0.459 e. The molecule has 1 amide bonds. The molecule has 0 fully saturated rings. The Hall–Kier alpha value is -2.91. The molecule has 2 heterocycles. The Kier molecular flexibility index (Phi) is 5.50. The minimum atomic E-state index is -0.372. The summed E-state index contributed by atoms with van der Waals surface area (Å²) in [6, 6.07) is 12.9. The zero-order valence-electron chi connectivity index (χ0n) is 15.8. The lowest BCUT2D eigenvalue weighted by molar-refractivity contribution is -0.113. The minimum absolute atomic E-state index is 0.172. The van der Waals surface area contributed by atoms with E-state index in [4.69, 9.17) is 4.74 Å². The highest BCUT2D eigenvalue weighted by atomic mass is 32.2. The quantitative estimate of drug-likeness (QED) is 0.349. The molecule has 148 valence electrons. The summed E-state index contributed by atoms with van der Waals surface area (Å²) in [5.41, 5.74) is 2.99. The summed E-state index contributed by atoms with van der Waals surface area (Å²) in [6.07, 6.45) is -0.182. The van der Waals surface area contributed by atoms with Crippen LogP contribution >= 0.6 is 23.1 Å². The van der Waals surface area contributed by atoms with E-state index in [9.17, 15) is 9.59 Å². The van der Waals surface area contributed by atoms with Gasteiger partial charge in [-0.15, -0.1) is 0 Å². The van der Waals surface area contributed by atoms with Crippen LogP contribution < -0.4 is 5.32 Å². The van der Waals surface area contributed by atoms with Gasteiger partial charge in [-0.1, -0.05) is 35.2 Å². The van der Waals surface area contributed by atoms with Gasteiger partial charge in [0.25, 0.3) is 0 Å². The van der Waals surface area contributed by atoms with Crippen molar-refractivity contribution in [3.05, 3.63) is 48.0 Å². The van der Waals surface area contributed by atoms with E-state index < -0.39 is 0 Å². The number of benzene rings is 2. The van der Waals surface area contributed by atoms with Crippen molar-refractivity contribution >= 4 is 61.4 Å². The van der Waals surface area contributed by atoms with Crippen LogP contribution in [0.25, 0.3) is 21.3 Å². The van der Waals surface area contributed by atoms with E-state index in [1.165, 1.54) is 23.1 Å². The van der Waals surface area contributed by atoms with E-state index in [-0.39, 0.29) is 23.7 Å². The Morgan fingerprint density at radius 1 is 1.17 bits per heavy atom. The lowest BCUT2D eigenvalue weighted by Crippen LogP contribution is -2.13. The molecule has 2 aromatic carbocycles. The zero-order valence-corrected chi connectivity index (χ0v) is 17.4. The topological polar surface area (TPSA) is 97.0 Å². The van der Waals surface area contributed by atoms with Gasteiger partial charge in [0.1, 0.15) is 0 Å². The summed E-state index contributed by atoms with van der Waals surface area (Å²) in [7, 11) is 0. The number of nitrogens with one attached hydrogen (secondary N) is 2. The number of imidazole rings is 1. The number of carbonyl (C=O) groups excluding carboxylic acids is 2. The van der Waals surface area contributed by atoms with E-state index in [1.807, 2.05) is 24.3 Å². The summed E-state index contributed by atoms with van der Waals surface area (Å²) in [5.74, 6) is -0.334. The third kappa shape index (κ3) is 4.57. The number of aromatic amines is 1. The van der Waals surface area contributed by atoms with E-state index in [0.717, 1.165) is 21.3 Å². The number of fused-ring (bicyclic) bond motifs is 2. The number of hydrogen-bond acceptors (Lipinski definition) is 7. The number of amides is 1. The number of aromatic nitrogens is 3. The lowest BCUT2D eigenvalue weighted by atomic mass is 10.2. The number of esters is 1. The van der Waals surface area contributed by atoms with Crippen LogP contribution in [0.3, 0.4) is 0 Å². The first kappa shape index (κ1) is 19.4. The van der Waals surface area contributed by atoms with E-state index >= 15 is 0 Å². The Morgan fingerprint density at radius 2 is 2.00 bits per heavy atom. The van der Waals surface area contributed by atoms with Gasteiger partial charge in [0.15, 0.2) is 10.3 Å². The number of hydrogen-bond donors (Lipinski definition) is 2. The molecule has 0 saturated carbocycles.